The highest BCUT2D eigenvalue weighted by Gasteiger charge is 2.39. The van der Waals surface area contributed by atoms with Gasteiger partial charge in [0.1, 0.15) is 0 Å². The summed E-state index contributed by atoms with van der Waals surface area (Å²) in [7, 11) is 0. The van der Waals surface area contributed by atoms with Crippen LogP contribution in [0.2, 0.25) is 0 Å². The second-order valence-electron chi connectivity index (χ2n) is 9.71. The van der Waals surface area contributed by atoms with Crippen molar-refractivity contribution in [3.05, 3.63) is 72.2 Å². The first-order valence-electron chi connectivity index (χ1n) is 10.6. The fourth-order valence-electron chi connectivity index (χ4n) is 5.00. The van der Waals surface area contributed by atoms with Gasteiger partial charge >= 0.3 is 0 Å². The maximum Gasteiger partial charge on any atom is 0.0702 e. The highest BCUT2D eigenvalue weighted by Crippen LogP contribution is 2.33. The molecule has 3 aromatic rings. The van der Waals surface area contributed by atoms with E-state index < -0.39 is 0 Å². The topological polar surface area (TPSA) is 41.1 Å². The van der Waals surface area contributed by atoms with Crippen LogP contribution in [0, 0.1) is 0 Å². The zero-order valence-corrected chi connectivity index (χ0v) is 18.0. The number of hydrogen-bond acceptors (Lipinski definition) is 4. The number of rotatable bonds is 5. The number of pyridine rings is 2. The van der Waals surface area contributed by atoms with Crippen LogP contribution >= 0.6 is 0 Å². The van der Waals surface area contributed by atoms with Crippen molar-refractivity contribution in [1.29, 1.82) is 0 Å². The van der Waals surface area contributed by atoms with Gasteiger partial charge in [-0.3, -0.25) is 14.9 Å². The third kappa shape index (κ3) is 5.01. The van der Waals surface area contributed by atoms with Crippen LogP contribution in [0.5, 0.6) is 0 Å². The van der Waals surface area contributed by atoms with Crippen LogP contribution in [0.1, 0.15) is 51.8 Å². The van der Waals surface area contributed by atoms with Crippen LogP contribution < -0.4 is 5.32 Å². The average molecular weight is 389 g/mol. The van der Waals surface area contributed by atoms with E-state index in [1.165, 1.54) is 10.9 Å². The Kier molecular flexibility index (Phi) is 5.41. The Morgan fingerprint density at radius 1 is 0.897 bits per heavy atom. The van der Waals surface area contributed by atoms with Gasteiger partial charge in [-0.1, -0.05) is 18.2 Å². The van der Waals surface area contributed by atoms with E-state index in [9.17, 15) is 0 Å². The van der Waals surface area contributed by atoms with Gasteiger partial charge in [-0.15, -0.1) is 0 Å². The SMILES string of the molecule is CC1(C)CC(N(Cc2ccc3ncccc3c2)Cc2ccccn2)CC(C)(C)N1. The van der Waals surface area contributed by atoms with Crippen molar-refractivity contribution in [3.63, 3.8) is 0 Å². The van der Waals surface area contributed by atoms with E-state index in [-0.39, 0.29) is 11.1 Å². The van der Waals surface area contributed by atoms with Crippen molar-refractivity contribution in [2.24, 2.45) is 0 Å². The highest BCUT2D eigenvalue weighted by molar-refractivity contribution is 5.78. The molecule has 0 spiro atoms. The summed E-state index contributed by atoms with van der Waals surface area (Å²) in [5.41, 5.74) is 3.74. The molecule has 0 radical (unpaired) electrons. The van der Waals surface area contributed by atoms with Crippen LogP contribution in [-0.2, 0) is 13.1 Å². The lowest BCUT2D eigenvalue weighted by atomic mass is 9.79. The summed E-state index contributed by atoms with van der Waals surface area (Å²) < 4.78 is 0. The molecule has 152 valence electrons. The van der Waals surface area contributed by atoms with Crippen molar-refractivity contribution in [2.75, 3.05) is 0 Å². The van der Waals surface area contributed by atoms with E-state index >= 15 is 0 Å². The summed E-state index contributed by atoms with van der Waals surface area (Å²) in [6.07, 6.45) is 6.00. The Balaban J connectivity index is 1.64. The second kappa shape index (κ2) is 7.85. The van der Waals surface area contributed by atoms with Gasteiger partial charge in [0.05, 0.1) is 11.2 Å². The van der Waals surface area contributed by atoms with Crippen molar-refractivity contribution in [3.8, 4) is 0 Å². The molecule has 1 aliphatic rings. The fourth-order valence-corrected chi connectivity index (χ4v) is 5.00. The number of piperidine rings is 1. The van der Waals surface area contributed by atoms with Gasteiger partial charge in [0.25, 0.3) is 0 Å². The van der Waals surface area contributed by atoms with Crippen LogP contribution in [0.15, 0.2) is 60.9 Å². The number of hydrogen-bond donors (Lipinski definition) is 1. The zero-order chi connectivity index (χ0) is 20.5. The monoisotopic (exact) mass is 388 g/mol. The Morgan fingerprint density at radius 2 is 1.66 bits per heavy atom. The van der Waals surface area contributed by atoms with E-state index in [4.69, 9.17) is 0 Å². The summed E-state index contributed by atoms with van der Waals surface area (Å²) in [5.74, 6) is 0. The first-order valence-corrected chi connectivity index (χ1v) is 10.6. The molecule has 1 N–H and O–H groups in total. The second-order valence-corrected chi connectivity index (χ2v) is 9.71. The Hall–Kier alpha value is -2.30. The largest absolute Gasteiger partial charge is 0.307 e. The highest BCUT2D eigenvalue weighted by atomic mass is 15.2. The normalized spacial score (nSPS) is 18.9. The third-order valence-corrected chi connectivity index (χ3v) is 5.83. The lowest BCUT2D eigenvalue weighted by molar-refractivity contribution is 0.0556. The summed E-state index contributed by atoms with van der Waals surface area (Å²) >= 11 is 0. The predicted molar refractivity (Wildman–Crippen MR) is 120 cm³/mol. The van der Waals surface area contributed by atoms with Crippen molar-refractivity contribution < 1.29 is 0 Å². The molecule has 0 amide bonds. The molecule has 2 aromatic heterocycles. The molecule has 1 saturated heterocycles. The Bertz CT molecular complexity index is 949. The molecule has 0 aliphatic carbocycles. The summed E-state index contributed by atoms with van der Waals surface area (Å²) in [4.78, 5) is 11.7. The maximum atomic E-state index is 4.61. The van der Waals surface area contributed by atoms with Gasteiger partial charge in [-0.05, 0) is 76.4 Å². The molecule has 0 unspecified atom stereocenters. The number of nitrogens with zero attached hydrogens (tertiary/aromatic N) is 3. The average Bonchev–Trinajstić information content (AvgIpc) is 2.66. The lowest BCUT2D eigenvalue weighted by Crippen LogP contribution is -2.62. The fraction of sp³-hybridized carbons (Fsp3) is 0.440. The van der Waals surface area contributed by atoms with Gasteiger partial charge in [0.2, 0.25) is 0 Å². The maximum absolute atomic E-state index is 4.61. The quantitative estimate of drug-likeness (QED) is 0.672. The minimum Gasteiger partial charge on any atom is -0.307 e. The van der Waals surface area contributed by atoms with E-state index in [1.807, 2.05) is 24.5 Å². The molecule has 0 bridgehead atoms. The number of benzene rings is 1. The first-order chi connectivity index (χ1) is 13.8. The first kappa shape index (κ1) is 20.0. The number of aromatic nitrogens is 2. The molecule has 4 nitrogen and oxygen atoms in total. The van der Waals surface area contributed by atoms with Crippen LogP contribution in [0.3, 0.4) is 0 Å². The molecule has 0 saturated carbocycles. The Labute approximate surface area is 174 Å². The zero-order valence-electron chi connectivity index (χ0n) is 18.0. The number of nitrogens with one attached hydrogen (secondary N) is 1. The van der Waals surface area contributed by atoms with Gasteiger partial charge in [0, 0.05) is 48.0 Å². The summed E-state index contributed by atoms with van der Waals surface area (Å²) in [6.45, 7) is 11.1. The van der Waals surface area contributed by atoms with Crippen molar-refractivity contribution in [2.45, 2.75) is 70.7 Å². The van der Waals surface area contributed by atoms with E-state index in [1.54, 1.807) is 0 Å². The van der Waals surface area contributed by atoms with Gasteiger partial charge in [-0.25, -0.2) is 0 Å². The van der Waals surface area contributed by atoms with Crippen molar-refractivity contribution >= 4 is 10.9 Å². The van der Waals surface area contributed by atoms with E-state index in [0.717, 1.165) is 37.1 Å². The van der Waals surface area contributed by atoms with Gasteiger partial charge in [-0.2, -0.15) is 0 Å². The molecule has 1 fully saturated rings. The molecule has 29 heavy (non-hydrogen) atoms. The Morgan fingerprint density at radius 3 is 2.38 bits per heavy atom. The summed E-state index contributed by atoms with van der Waals surface area (Å²) in [5, 5.41) is 5.02. The van der Waals surface area contributed by atoms with Crippen LogP contribution in [0.25, 0.3) is 10.9 Å². The molecule has 4 rings (SSSR count). The molecule has 4 heteroatoms. The molecule has 1 aromatic carbocycles. The van der Waals surface area contributed by atoms with Gasteiger partial charge < -0.3 is 5.32 Å². The number of fused-ring (bicyclic) bond motifs is 1. The predicted octanol–water partition coefficient (Wildman–Crippen LogP) is 4.94. The molecular weight excluding hydrogens is 356 g/mol. The smallest absolute Gasteiger partial charge is 0.0702 e. The standard InChI is InChI=1S/C25H32N4/c1-24(2)15-22(16-25(3,4)28-24)29(18-21-9-5-6-12-26-21)17-19-10-11-23-20(14-19)8-7-13-27-23/h5-14,22,28H,15-18H2,1-4H3. The van der Waals surface area contributed by atoms with Gasteiger partial charge in [0.15, 0.2) is 0 Å². The summed E-state index contributed by atoms with van der Waals surface area (Å²) in [6, 6.07) is 17.5. The van der Waals surface area contributed by atoms with Crippen LogP contribution in [0.4, 0.5) is 0 Å². The third-order valence-electron chi connectivity index (χ3n) is 5.83. The minimum atomic E-state index is 0.113. The molecule has 0 atom stereocenters. The van der Waals surface area contributed by atoms with Crippen LogP contribution in [-0.4, -0.2) is 32.0 Å². The lowest BCUT2D eigenvalue weighted by Gasteiger charge is -2.49. The minimum absolute atomic E-state index is 0.113. The molecule has 1 aliphatic heterocycles. The van der Waals surface area contributed by atoms with E-state index in [2.05, 4.69) is 84.3 Å². The van der Waals surface area contributed by atoms with E-state index in [0.29, 0.717) is 6.04 Å². The molecular formula is C25H32N4. The van der Waals surface area contributed by atoms with Crippen molar-refractivity contribution in [1.82, 2.24) is 20.2 Å². The molecule has 3 heterocycles.